The van der Waals surface area contributed by atoms with Gasteiger partial charge in [0.25, 0.3) is 0 Å². The maximum atomic E-state index is 11.9. The summed E-state index contributed by atoms with van der Waals surface area (Å²) in [5.41, 5.74) is -1.07. The van der Waals surface area contributed by atoms with Crippen molar-refractivity contribution in [2.24, 2.45) is 5.41 Å². The molecular weight excluding hydrogens is 421 g/mol. The van der Waals surface area contributed by atoms with Gasteiger partial charge in [-0.05, 0) is 12.8 Å². The largest absolute Gasteiger partial charge is 1.00 e. The van der Waals surface area contributed by atoms with E-state index >= 15 is 0 Å². The predicted molar refractivity (Wildman–Crippen MR) is 85.0 cm³/mol. The molecule has 144 valence electrons. The molecule has 1 rings (SSSR count). The van der Waals surface area contributed by atoms with E-state index in [9.17, 15) is 33.8 Å². The van der Waals surface area contributed by atoms with Gasteiger partial charge in [-0.2, -0.15) is 0 Å². The molecule has 0 aromatic carbocycles. The monoisotopic (exact) mass is 442 g/mol. The number of aliphatic hydroxyl groups excluding tert-OH is 1. The zero-order chi connectivity index (χ0) is 19.1. The minimum absolute atomic E-state index is 0. The van der Waals surface area contributed by atoms with E-state index in [1.54, 1.807) is 0 Å². The first-order chi connectivity index (χ1) is 11.6. The summed E-state index contributed by atoms with van der Waals surface area (Å²) < 4.78 is 14.7. The third-order valence-electron chi connectivity index (χ3n) is 3.61. The van der Waals surface area contributed by atoms with Gasteiger partial charge in [0.2, 0.25) is 11.8 Å². The van der Waals surface area contributed by atoms with Crippen molar-refractivity contribution >= 4 is 36.5 Å². The van der Waals surface area contributed by atoms with Gasteiger partial charge >= 0.3 is 59.1 Å². The second kappa shape index (κ2) is 14.1. The zero-order valence-electron chi connectivity index (χ0n) is 15.7. The van der Waals surface area contributed by atoms with Crippen LogP contribution in [0, 0.1) is 5.41 Å². The van der Waals surface area contributed by atoms with Crippen molar-refractivity contribution in [3.05, 3.63) is 0 Å². The molecule has 0 saturated heterocycles. The Morgan fingerprint density at radius 1 is 1.22 bits per heavy atom. The van der Waals surface area contributed by atoms with Gasteiger partial charge < -0.3 is 34.6 Å². The van der Waals surface area contributed by atoms with E-state index in [0.29, 0.717) is 25.1 Å². The van der Waals surface area contributed by atoms with Crippen LogP contribution < -0.4 is 79.5 Å². The number of aliphatic hydroxyl groups is 1. The molecule has 1 fully saturated rings. The molecule has 0 aromatic rings. The van der Waals surface area contributed by atoms with E-state index in [-0.39, 0.29) is 83.1 Å². The van der Waals surface area contributed by atoms with Gasteiger partial charge in [-0.25, -0.2) is 0 Å². The van der Waals surface area contributed by atoms with Crippen molar-refractivity contribution in [3.8, 4) is 0 Å². The van der Waals surface area contributed by atoms with E-state index < -0.39 is 31.9 Å². The SMILES string of the molecule is CC(=O)SCCNC(=O)CCNC(=O)C(O)C1(COP(=O)([O-])[O-])CC1.[Na+].[Na+]. The molecule has 1 saturated carbocycles. The number of amides is 2. The summed E-state index contributed by atoms with van der Waals surface area (Å²) in [5, 5.41) is 14.9. The van der Waals surface area contributed by atoms with Crippen LogP contribution in [0.2, 0.25) is 0 Å². The Labute approximate surface area is 206 Å². The van der Waals surface area contributed by atoms with Gasteiger partial charge in [0.15, 0.2) is 5.12 Å². The smallest absolute Gasteiger partial charge is 0.790 e. The number of hydrogen-bond acceptors (Lipinski definition) is 9. The third kappa shape index (κ3) is 13.0. The second-order valence-electron chi connectivity index (χ2n) is 5.72. The molecule has 27 heavy (non-hydrogen) atoms. The molecule has 1 aliphatic rings. The summed E-state index contributed by atoms with van der Waals surface area (Å²) in [4.78, 5) is 55.1. The topological polar surface area (TPSA) is 168 Å². The van der Waals surface area contributed by atoms with Crippen molar-refractivity contribution in [2.75, 3.05) is 25.4 Å². The number of phosphoric acid groups is 1. The molecule has 10 nitrogen and oxygen atoms in total. The molecule has 1 unspecified atom stereocenters. The van der Waals surface area contributed by atoms with Crippen LogP contribution in [0.25, 0.3) is 0 Å². The van der Waals surface area contributed by atoms with Crippen LogP contribution in [-0.4, -0.2) is 53.6 Å². The van der Waals surface area contributed by atoms with Gasteiger partial charge in [0.05, 0.1) is 14.4 Å². The minimum Gasteiger partial charge on any atom is -0.790 e. The predicted octanol–water partition coefficient (Wildman–Crippen LogP) is -8.12. The minimum atomic E-state index is -5.16. The number of thioether (sulfide) groups is 1. The molecule has 3 N–H and O–H groups in total. The Kier molecular flexibility index (Phi) is 15.8. The molecular formula is C13H21N2Na2O8PS. The van der Waals surface area contributed by atoms with Crippen molar-refractivity contribution in [1.29, 1.82) is 0 Å². The van der Waals surface area contributed by atoms with E-state index in [2.05, 4.69) is 15.2 Å². The fraction of sp³-hybridized carbons (Fsp3) is 0.769. The first-order valence-electron chi connectivity index (χ1n) is 7.58. The van der Waals surface area contributed by atoms with Crippen LogP contribution in [0.3, 0.4) is 0 Å². The van der Waals surface area contributed by atoms with Crippen molar-refractivity contribution in [2.45, 2.75) is 32.3 Å². The summed E-state index contributed by atoms with van der Waals surface area (Å²) in [6, 6.07) is 0. The quantitative estimate of drug-likeness (QED) is 0.160. The maximum absolute atomic E-state index is 11.9. The van der Waals surface area contributed by atoms with Crippen molar-refractivity contribution in [3.63, 3.8) is 0 Å². The summed E-state index contributed by atoms with van der Waals surface area (Å²) in [5.74, 6) is -0.618. The summed E-state index contributed by atoms with van der Waals surface area (Å²) in [7, 11) is -5.16. The molecule has 0 bridgehead atoms. The van der Waals surface area contributed by atoms with Gasteiger partial charge in [-0.15, -0.1) is 0 Å². The summed E-state index contributed by atoms with van der Waals surface area (Å²) in [6.07, 6.45) is -0.816. The van der Waals surface area contributed by atoms with Gasteiger partial charge in [-0.3, -0.25) is 14.4 Å². The zero-order valence-corrected chi connectivity index (χ0v) is 21.4. The van der Waals surface area contributed by atoms with Gasteiger partial charge in [0, 0.05) is 37.6 Å². The molecule has 2 amide bonds. The van der Waals surface area contributed by atoms with E-state index in [1.165, 1.54) is 6.92 Å². The van der Waals surface area contributed by atoms with Crippen molar-refractivity contribution < 1.29 is 97.5 Å². The van der Waals surface area contributed by atoms with Crippen LogP contribution >= 0.6 is 19.6 Å². The van der Waals surface area contributed by atoms with Crippen LogP contribution in [-0.2, 0) is 23.5 Å². The van der Waals surface area contributed by atoms with Gasteiger partial charge in [-0.1, -0.05) is 11.8 Å². The Morgan fingerprint density at radius 2 is 1.81 bits per heavy atom. The first-order valence-corrected chi connectivity index (χ1v) is 10.0. The third-order valence-corrected chi connectivity index (χ3v) is 4.87. The molecule has 14 heteroatoms. The van der Waals surface area contributed by atoms with Crippen LogP contribution in [0.15, 0.2) is 0 Å². The van der Waals surface area contributed by atoms with E-state index in [1.807, 2.05) is 0 Å². The maximum Gasteiger partial charge on any atom is 1.00 e. The molecule has 0 aliphatic heterocycles. The van der Waals surface area contributed by atoms with Gasteiger partial charge in [0.1, 0.15) is 6.10 Å². The fourth-order valence-electron chi connectivity index (χ4n) is 2.01. The average Bonchev–Trinajstić information content (AvgIpc) is 3.29. The van der Waals surface area contributed by atoms with Crippen molar-refractivity contribution in [1.82, 2.24) is 10.6 Å². The van der Waals surface area contributed by atoms with E-state index in [0.717, 1.165) is 11.8 Å². The van der Waals surface area contributed by atoms with Crippen LogP contribution in [0.4, 0.5) is 0 Å². The molecule has 1 aliphatic carbocycles. The summed E-state index contributed by atoms with van der Waals surface area (Å²) >= 11 is 1.09. The number of carbonyl (C=O) groups is 3. The number of hydrogen-bond donors (Lipinski definition) is 3. The number of phosphoric ester groups is 1. The normalized spacial score (nSPS) is 15.6. The number of rotatable bonds is 11. The molecule has 1 atom stereocenters. The molecule has 0 aromatic heterocycles. The Morgan fingerprint density at radius 3 is 2.30 bits per heavy atom. The van der Waals surface area contributed by atoms with E-state index in [4.69, 9.17) is 0 Å². The first kappa shape index (κ1) is 30.2. The molecule has 0 heterocycles. The number of nitrogens with one attached hydrogen (secondary N) is 2. The Hall–Kier alpha value is 1.03. The molecule has 0 radical (unpaired) electrons. The summed E-state index contributed by atoms with van der Waals surface area (Å²) in [6.45, 7) is 1.20. The van der Waals surface area contributed by atoms with Crippen LogP contribution in [0.5, 0.6) is 0 Å². The molecule has 0 spiro atoms. The Bertz CT molecular complexity index is 558. The standard InChI is InChI=1S/C13H23N2O8PS.2Na/c1-9(16)25-7-6-14-10(17)2-5-15-12(19)11(18)13(3-4-13)8-23-24(20,21)22;;/h11,18H,2-8H2,1H3,(H,14,17)(H,15,19)(H2,20,21,22);;/q;2*+1/p-2. The van der Waals surface area contributed by atoms with Crippen LogP contribution in [0.1, 0.15) is 26.2 Å². The second-order valence-corrected chi connectivity index (χ2v) is 8.14. The average molecular weight is 442 g/mol. The fourth-order valence-corrected chi connectivity index (χ4v) is 2.92. The Balaban J connectivity index is 0. The number of carbonyl (C=O) groups excluding carboxylic acids is 3.